The molecule has 1 aromatic heterocycles. The van der Waals surface area contributed by atoms with Gasteiger partial charge < -0.3 is 10.3 Å². The summed E-state index contributed by atoms with van der Waals surface area (Å²) >= 11 is 2.31. The fourth-order valence-electron chi connectivity index (χ4n) is 1.59. The summed E-state index contributed by atoms with van der Waals surface area (Å²) in [6.07, 6.45) is 1.89. The number of fused-ring (bicyclic) bond motifs is 1. The molecule has 0 aliphatic rings. The maximum atomic E-state index is 5.89. The topological polar surface area (TPSA) is 30.9 Å². The average molecular weight is 298 g/mol. The summed E-state index contributed by atoms with van der Waals surface area (Å²) in [4.78, 5) is 0. The Balaban J connectivity index is 2.76. The van der Waals surface area contributed by atoms with Gasteiger partial charge in [0.1, 0.15) is 0 Å². The first kappa shape index (κ1) is 9.58. The third-order valence-electron chi connectivity index (χ3n) is 2.24. The standard InChI is InChI=1S/C11H11IN2/c1-2-6-14-10-5-3-4-9(13)8(10)7-11(14)12/h2-5,7H,1,6,13H2. The summed E-state index contributed by atoms with van der Waals surface area (Å²) in [7, 11) is 0. The van der Waals surface area contributed by atoms with Crippen LogP contribution in [0.2, 0.25) is 0 Å². The number of hydrogen-bond donors (Lipinski definition) is 1. The van der Waals surface area contributed by atoms with E-state index in [1.54, 1.807) is 0 Å². The maximum Gasteiger partial charge on any atom is 0.0812 e. The second-order valence-corrected chi connectivity index (χ2v) is 4.25. The second-order valence-electron chi connectivity index (χ2n) is 3.15. The van der Waals surface area contributed by atoms with Gasteiger partial charge >= 0.3 is 0 Å². The van der Waals surface area contributed by atoms with E-state index in [0.717, 1.165) is 17.6 Å². The van der Waals surface area contributed by atoms with Gasteiger partial charge in [0, 0.05) is 17.6 Å². The van der Waals surface area contributed by atoms with Gasteiger partial charge in [-0.05, 0) is 40.8 Å². The molecular weight excluding hydrogens is 287 g/mol. The highest BCUT2D eigenvalue weighted by molar-refractivity contribution is 14.1. The molecule has 1 heterocycles. The van der Waals surface area contributed by atoms with Crippen molar-refractivity contribution in [2.24, 2.45) is 0 Å². The molecule has 0 atom stereocenters. The van der Waals surface area contributed by atoms with E-state index in [2.05, 4.69) is 45.9 Å². The molecule has 2 N–H and O–H groups in total. The van der Waals surface area contributed by atoms with Gasteiger partial charge in [0.05, 0.1) is 9.22 Å². The minimum atomic E-state index is 0.825. The Bertz CT molecular complexity index is 485. The highest BCUT2D eigenvalue weighted by atomic mass is 127. The van der Waals surface area contributed by atoms with Crippen LogP contribution < -0.4 is 5.73 Å². The maximum absolute atomic E-state index is 5.89. The van der Waals surface area contributed by atoms with Crippen LogP contribution in [0.25, 0.3) is 10.9 Å². The van der Waals surface area contributed by atoms with Gasteiger partial charge in [-0.1, -0.05) is 12.1 Å². The van der Waals surface area contributed by atoms with Gasteiger partial charge in [0.2, 0.25) is 0 Å². The zero-order valence-corrected chi connectivity index (χ0v) is 9.86. The Kier molecular flexibility index (Phi) is 2.50. The predicted octanol–water partition coefficient (Wildman–Crippen LogP) is 3.01. The van der Waals surface area contributed by atoms with Gasteiger partial charge in [0.15, 0.2) is 0 Å². The highest BCUT2D eigenvalue weighted by Gasteiger charge is 2.06. The first-order valence-corrected chi connectivity index (χ1v) is 5.46. The third-order valence-corrected chi connectivity index (χ3v) is 3.13. The van der Waals surface area contributed by atoms with Crippen LogP contribution in [0.4, 0.5) is 5.69 Å². The molecule has 0 unspecified atom stereocenters. The molecule has 3 heteroatoms. The SMILES string of the molecule is C=CCn1c(I)cc2c(N)cccc21. The van der Waals surface area contributed by atoms with E-state index in [-0.39, 0.29) is 0 Å². The van der Waals surface area contributed by atoms with Crippen molar-refractivity contribution in [2.75, 3.05) is 5.73 Å². The minimum absolute atomic E-state index is 0.825. The minimum Gasteiger partial charge on any atom is -0.398 e. The van der Waals surface area contributed by atoms with Gasteiger partial charge in [0.25, 0.3) is 0 Å². The average Bonchev–Trinajstić information content (AvgIpc) is 2.47. The monoisotopic (exact) mass is 298 g/mol. The molecule has 0 spiro atoms. The zero-order valence-electron chi connectivity index (χ0n) is 7.70. The Morgan fingerprint density at radius 2 is 2.29 bits per heavy atom. The Hall–Kier alpha value is -0.970. The molecule has 0 radical (unpaired) electrons. The lowest BCUT2D eigenvalue weighted by atomic mass is 10.2. The van der Waals surface area contributed by atoms with Crippen molar-refractivity contribution in [1.29, 1.82) is 0 Å². The van der Waals surface area contributed by atoms with E-state index in [9.17, 15) is 0 Å². The van der Waals surface area contributed by atoms with Crippen LogP contribution in [0, 0.1) is 3.70 Å². The molecule has 0 aliphatic carbocycles. The van der Waals surface area contributed by atoms with Crippen LogP contribution >= 0.6 is 22.6 Å². The summed E-state index contributed by atoms with van der Waals surface area (Å²) in [6.45, 7) is 4.58. The van der Waals surface area contributed by atoms with E-state index in [1.807, 2.05) is 18.2 Å². The molecule has 72 valence electrons. The van der Waals surface area contributed by atoms with Crippen molar-refractivity contribution in [1.82, 2.24) is 4.57 Å². The molecule has 0 bridgehead atoms. The van der Waals surface area contributed by atoms with Gasteiger partial charge in [-0.15, -0.1) is 6.58 Å². The fraction of sp³-hybridized carbons (Fsp3) is 0.0909. The third kappa shape index (κ3) is 1.41. The quantitative estimate of drug-likeness (QED) is 0.516. The smallest absolute Gasteiger partial charge is 0.0812 e. The highest BCUT2D eigenvalue weighted by Crippen LogP contribution is 2.25. The van der Waals surface area contributed by atoms with Gasteiger partial charge in [-0.25, -0.2) is 0 Å². The number of benzene rings is 1. The number of aromatic nitrogens is 1. The summed E-state index contributed by atoms with van der Waals surface area (Å²) in [5.74, 6) is 0. The summed E-state index contributed by atoms with van der Waals surface area (Å²) < 4.78 is 3.38. The first-order chi connectivity index (χ1) is 6.74. The molecular formula is C11H11IN2. The van der Waals surface area contributed by atoms with Crippen LogP contribution in [0.5, 0.6) is 0 Å². The number of halogens is 1. The summed E-state index contributed by atoms with van der Waals surface area (Å²) in [5, 5.41) is 1.12. The molecule has 2 aromatic rings. The lowest BCUT2D eigenvalue weighted by Gasteiger charge is -2.03. The van der Waals surface area contributed by atoms with Crippen LogP contribution in [-0.2, 0) is 6.54 Å². The van der Waals surface area contributed by atoms with Gasteiger partial charge in [-0.3, -0.25) is 0 Å². The number of nitrogens with two attached hydrogens (primary N) is 1. The number of hydrogen-bond acceptors (Lipinski definition) is 1. The largest absolute Gasteiger partial charge is 0.398 e. The van der Waals surface area contributed by atoms with Crippen molar-refractivity contribution in [3.63, 3.8) is 0 Å². The number of nitrogen functional groups attached to an aromatic ring is 1. The molecule has 0 saturated heterocycles. The molecule has 2 rings (SSSR count). The van der Waals surface area contributed by atoms with E-state index in [4.69, 9.17) is 5.73 Å². The molecule has 1 aromatic carbocycles. The van der Waals surface area contributed by atoms with E-state index >= 15 is 0 Å². The Labute approximate surface area is 96.5 Å². The second kappa shape index (κ2) is 3.65. The summed E-state index contributed by atoms with van der Waals surface area (Å²) in [5.41, 5.74) is 7.90. The molecule has 14 heavy (non-hydrogen) atoms. The molecule has 0 aliphatic heterocycles. The summed E-state index contributed by atoms with van der Waals surface area (Å²) in [6, 6.07) is 8.09. The van der Waals surface area contributed by atoms with Crippen molar-refractivity contribution >= 4 is 39.2 Å². The first-order valence-electron chi connectivity index (χ1n) is 4.38. The van der Waals surface area contributed by atoms with Crippen molar-refractivity contribution < 1.29 is 0 Å². The van der Waals surface area contributed by atoms with Crippen molar-refractivity contribution in [3.8, 4) is 0 Å². The number of allylic oxidation sites excluding steroid dienone is 1. The fourth-order valence-corrected chi connectivity index (χ4v) is 2.36. The Morgan fingerprint density at radius 3 is 3.00 bits per heavy atom. The Morgan fingerprint density at radius 1 is 1.50 bits per heavy atom. The van der Waals surface area contributed by atoms with Crippen LogP contribution in [-0.4, -0.2) is 4.57 Å². The van der Waals surface area contributed by atoms with Crippen molar-refractivity contribution in [2.45, 2.75) is 6.54 Å². The number of nitrogens with zero attached hydrogens (tertiary/aromatic N) is 1. The molecule has 0 saturated carbocycles. The molecule has 0 fully saturated rings. The lowest BCUT2D eigenvalue weighted by molar-refractivity contribution is 0.841. The predicted molar refractivity (Wildman–Crippen MR) is 69.3 cm³/mol. The van der Waals surface area contributed by atoms with Crippen molar-refractivity contribution in [3.05, 3.63) is 40.6 Å². The normalized spacial score (nSPS) is 10.6. The number of anilines is 1. The van der Waals surface area contributed by atoms with Crippen LogP contribution in [0.1, 0.15) is 0 Å². The zero-order chi connectivity index (χ0) is 10.1. The van der Waals surface area contributed by atoms with Crippen LogP contribution in [0.3, 0.4) is 0 Å². The number of rotatable bonds is 2. The van der Waals surface area contributed by atoms with E-state index in [1.165, 1.54) is 9.22 Å². The van der Waals surface area contributed by atoms with E-state index in [0.29, 0.717) is 0 Å². The molecule has 0 amide bonds. The van der Waals surface area contributed by atoms with Crippen LogP contribution in [0.15, 0.2) is 36.9 Å². The molecule has 2 nitrogen and oxygen atoms in total. The van der Waals surface area contributed by atoms with E-state index < -0.39 is 0 Å². The van der Waals surface area contributed by atoms with Gasteiger partial charge in [-0.2, -0.15) is 0 Å². The lowest BCUT2D eigenvalue weighted by Crippen LogP contribution is -1.96.